The second-order valence-corrected chi connectivity index (χ2v) is 3.40. The molecule has 0 radical (unpaired) electrons. The number of ether oxygens (including phenoxy) is 1. The van der Waals surface area contributed by atoms with Crippen LogP contribution in [0.15, 0.2) is 17.4 Å². The van der Waals surface area contributed by atoms with E-state index in [4.69, 9.17) is 16.8 Å². The Hall–Kier alpha value is -1.83. The summed E-state index contributed by atoms with van der Waals surface area (Å²) in [5, 5.41) is 10.7. The summed E-state index contributed by atoms with van der Waals surface area (Å²) in [4.78, 5) is 14.5. The zero-order chi connectivity index (χ0) is 13.9. The van der Waals surface area contributed by atoms with Crippen molar-refractivity contribution >= 4 is 23.3 Å². The predicted octanol–water partition coefficient (Wildman–Crippen LogP) is 2.11. The highest BCUT2D eigenvalue weighted by atomic mass is 35.5. The second-order valence-electron chi connectivity index (χ2n) is 2.99. The van der Waals surface area contributed by atoms with Gasteiger partial charge in [-0.05, 0) is 6.07 Å². The maximum Gasteiger partial charge on any atom is 0.417 e. The number of hydrogen-bond donors (Lipinski definition) is 1. The third-order valence-electron chi connectivity index (χ3n) is 1.87. The van der Waals surface area contributed by atoms with Crippen molar-refractivity contribution in [1.82, 2.24) is 4.98 Å². The van der Waals surface area contributed by atoms with E-state index in [1.807, 2.05) is 0 Å². The number of halogens is 4. The smallest absolute Gasteiger partial charge is 0.417 e. The van der Waals surface area contributed by atoms with Gasteiger partial charge in [0.2, 0.25) is 5.71 Å². The van der Waals surface area contributed by atoms with Crippen molar-refractivity contribution in [3.05, 3.63) is 28.5 Å². The van der Waals surface area contributed by atoms with Gasteiger partial charge < -0.3 is 9.94 Å². The molecular weight excluding hydrogens is 277 g/mol. The van der Waals surface area contributed by atoms with Gasteiger partial charge in [-0.15, -0.1) is 0 Å². The largest absolute Gasteiger partial charge is 0.464 e. The molecule has 0 atom stereocenters. The van der Waals surface area contributed by atoms with E-state index in [1.54, 1.807) is 0 Å². The predicted molar refractivity (Wildman–Crippen MR) is 54.6 cm³/mol. The molecule has 1 aromatic rings. The first-order valence-corrected chi connectivity index (χ1v) is 4.72. The van der Waals surface area contributed by atoms with E-state index in [-0.39, 0.29) is 0 Å². The highest BCUT2D eigenvalue weighted by Gasteiger charge is 2.32. The molecule has 0 aliphatic rings. The Bertz CT molecular complexity index is 502. The number of carbonyl (C=O) groups excluding carboxylic acids is 1. The lowest BCUT2D eigenvalue weighted by Gasteiger charge is -2.08. The lowest BCUT2D eigenvalue weighted by atomic mass is 10.2. The van der Waals surface area contributed by atoms with Crippen molar-refractivity contribution in [3.63, 3.8) is 0 Å². The molecule has 0 saturated carbocycles. The molecule has 0 aromatic carbocycles. The molecule has 9 heteroatoms. The molecule has 0 saturated heterocycles. The summed E-state index contributed by atoms with van der Waals surface area (Å²) < 4.78 is 41.3. The van der Waals surface area contributed by atoms with Crippen LogP contribution in [-0.2, 0) is 15.7 Å². The molecule has 1 N–H and O–H groups in total. The van der Waals surface area contributed by atoms with Gasteiger partial charge in [-0.2, -0.15) is 13.2 Å². The fourth-order valence-electron chi connectivity index (χ4n) is 1.05. The maximum absolute atomic E-state index is 12.3. The number of alkyl halides is 3. The third-order valence-corrected chi connectivity index (χ3v) is 2.16. The van der Waals surface area contributed by atoms with Crippen LogP contribution in [0.2, 0.25) is 5.02 Å². The highest BCUT2D eigenvalue weighted by Crippen LogP contribution is 2.31. The fraction of sp³-hybridized carbons (Fsp3) is 0.222. The molecule has 0 aliphatic heterocycles. The number of nitrogens with zero attached hydrogens (tertiary/aromatic N) is 2. The van der Waals surface area contributed by atoms with Crippen LogP contribution in [0.3, 0.4) is 0 Å². The van der Waals surface area contributed by atoms with Crippen molar-refractivity contribution in [2.45, 2.75) is 6.18 Å². The van der Waals surface area contributed by atoms with Crippen LogP contribution in [-0.4, -0.2) is 29.0 Å². The van der Waals surface area contributed by atoms with E-state index in [9.17, 15) is 18.0 Å². The van der Waals surface area contributed by atoms with Gasteiger partial charge in [0.15, 0.2) is 0 Å². The molecule has 0 unspecified atom stereocenters. The number of hydrogen-bond acceptors (Lipinski definition) is 5. The summed E-state index contributed by atoms with van der Waals surface area (Å²) in [5.74, 6) is -1.08. The molecule has 0 bridgehead atoms. The number of carbonyl (C=O) groups is 1. The van der Waals surface area contributed by atoms with Crippen LogP contribution < -0.4 is 0 Å². The number of esters is 1. The summed E-state index contributed by atoms with van der Waals surface area (Å²) in [6.07, 6.45) is -4.15. The van der Waals surface area contributed by atoms with Gasteiger partial charge in [0.25, 0.3) is 0 Å². The number of aromatic nitrogens is 1. The van der Waals surface area contributed by atoms with Crippen molar-refractivity contribution < 1.29 is 27.9 Å². The fourth-order valence-corrected chi connectivity index (χ4v) is 1.30. The minimum Gasteiger partial charge on any atom is -0.464 e. The molecule has 0 spiro atoms. The lowest BCUT2D eigenvalue weighted by Crippen LogP contribution is -2.19. The molecule has 98 valence electrons. The topological polar surface area (TPSA) is 71.8 Å². The number of pyridine rings is 1. The molecule has 1 rings (SSSR count). The van der Waals surface area contributed by atoms with Gasteiger partial charge in [0.1, 0.15) is 5.69 Å². The standard InChI is InChI=1S/C9H6ClF3N2O3/c1-18-8(16)7(15-17)6-5(10)2-4(3-14-6)9(11,12)13/h2-3,17H,1H3/b15-7+. The summed E-state index contributed by atoms with van der Waals surface area (Å²) in [6, 6.07) is 0.567. The molecule has 18 heavy (non-hydrogen) atoms. The van der Waals surface area contributed by atoms with Gasteiger partial charge in [-0.1, -0.05) is 16.8 Å². The number of rotatable bonds is 2. The van der Waals surface area contributed by atoms with Crippen molar-refractivity contribution in [1.29, 1.82) is 0 Å². The van der Waals surface area contributed by atoms with Gasteiger partial charge >= 0.3 is 12.1 Å². The molecule has 5 nitrogen and oxygen atoms in total. The lowest BCUT2D eigenvalue weighted by molar-refractivity contribution is -0.137. The van der Waals surface area contributed by atoms with Crippen LogP contribution in [0, 0.1) is 0 Å². The van der Waals surface area contributed by atoms with Crippen LogP contribution in [0.5, 0.6) is 0 Å². The van der Waals surface area contributed by atoms with Crippen molar-refractivity contribution in [2.75, 3.05) is 7.11 Å². The first-order chi connectivity index (χ1) is 8.31. The summed E-state index contributed by atoms with van der Waals surface area (Å²) >= 11 is 5.55. The van der Waals surface area contributed by atoms with E-state index in [2.05, 4.69) is 14.9 Å². The monoisotopic (exact) mass is 282 g/mol. The average molecular weight is 283 g/mol. The Morgan fingerprint density at radius 3 is 2.56 bits per heavy atom. The van der Waals surface area contributed by atoms with Crippen molar-refractivity contribution in [2.24, 2.45) is 5.16 Å². The highest BCUT2D eigenvalue weighted by molar-refractivity contribution is 6.46. The molecular formula is C9H6ClF3N2O3. The summed E-state index contributed by atoms with van der Waals surface area (Å²) in [5.41, 5.74) is -2.17. The Kier molecular flexibility index (Phi) is 4.12. The normalized spacial score (nSPS) is 12.4. The molecule has 0 aliphatic carbocycles. The zero-order valence-corrected chi connectivity index (χ0v) is 9.58. The quantitative estimate of drug-likeness (QED) is 0.390. The van der Waals surface area contributed by atoms with Crippen molar-refractivity contribution in [3.8, 4) is 0 Å². The van der Waals surface area contributed by atoms with Gasteiger partial charge in [-0.25, -0.2) is 4.79 Å². The zero-order valence-electron chi connectivity index (χ0n) is 8.82. The van der Waals surface area contributed by atoms with E-state index in [1.165, 1.54) is 0 Å². The SMILES string of the molecule is COC(=O)/C(=N/O)c1ncc(C(F)(F)F)cc1Cl. The van der Waals surface area contributed by atoms with Crippen LogP contribution in [0.25, 0.3) is 0 Å². The van der Waals surface area contributed by atoms with E-state index >= 15 is 0 Å². The van der Waals surface area contributed by atoms with E-state index in [0.717, 1.165) is 7.11 Å². The van der Waals surface area contributed by atoms with Crippen LogP contribution in [0.4, 0.5) is 13.2 Å². The number of oxime groups is 1. The molecule has 0 amide bonds. The van der Waals surface area contributed by atoms with Crippen LogP contribution in [0.1, 0.15) is 11.3 Å². The first-order valence-electron chi connectivity index (χ1n) is 4.34. The van der Waals surface area contributed by atoms with Gasteiger partial charge in [0.05, 0.1) is 17.7 Å². The Labute approximate surface area is 104 Å². The average Bonchev–Trinajstić information content (AvgIpc) is 2.30. The Balaban J connectivity index is 3.25. The summed E-state index contributed by atoms with van der Waals surface area (Å²) in [6.45, 7) is 0. The minimum atomic E-state index is -4.61. The minimum absolute atomic E-state index is 0.404. The maximum atomic E-state index is 12.3. The molecule has 0 fully saturated rings. The van der Waals surface area contributed by atoms with E-state index in [0.29, 0.717) is 12.3 Å². The van der Waals surface area contributed by atoms with E-state index < -0.39 is 34.1 Å². The Morgan fingerprint density at radius 2 is 2.17 bits per heavy atom. The van der Waals surface area contributed by atoms with Gasteiger partial charge in [0, 0.05) is 6.20 Å². The van der Waals surface area contributed by atoms with Crippen LogP contribution >= 0.6 is 11.6 Å². The van der Waals surface area contributed by atoms with Gasteiger partial charge in [-0.3, -0.25) is 4.98 Å². The first kappa shape index (κ1) is 14.2. The summed E-state index contributed by atoms with van der Waals surface area (Å²) in [7, 11) is 1.01. The Morgan fingerprint density at radius 1 is 1.56 bits per heavy atom. The molecule has 1 aromatic heterocycles. The third kappa shape index (κ3) is 2.89. The molecule has 1 heterocycles. The second kappa shape index (κ2) is 5.21. The number of methoxy groups -OCH3 is 1.